The number of hydrogen-bond donors (Lipinski definition) is 1. The maximum Gasteiger partial charge on any atom is 0.242 e. The van der Waals surface area contributed by atoms with Crippen molar-refractivity contribution in [1.82, 2.24) is 4.90 Å². The normalized spacial score (nSPS) is 18.1. The number of anilines is 1. The second kappa shape index (κ2) is 9.01. The number of nitrogens with zero attached hydrogens (tertiary/aromatic N) is 2. The minimum Gasteiger partial charge on any atom is -0.324 e. The Morgan fingerprint density at radius 2 is 1.86 bits per heavy atom. The number of nitrogens with one attached hydrogen (secondary N) is 1. The fraction of sp³-hybridized carbons (Fsp3) is 0.286. The standard InChI is InChI=1S/C21H22FN3O2S/c1-14(2)13-25-20(27)18(28-21(25)23-15-8-4-3-5-9-15)12-19(26)24-17-11-7-6-10-16(17)22/h3-11,14,18H,12-13H2,1-2H3,(H,24,26). The fourth-order valence-corrected chi connectivity index (χ4v) is 3.97. The number of rotatable bonds is 6. The molecule has 0 bridgehead atoms. The highest BCUT2D eigenvalue weighted by atomic mass is 32.2. The van der Waals surface area contributed by atoms with Crippen LogP contribution in [0, 0.1) is 11.7 Å². The zero-order valence-corrected chi connectivity index (χ0v) is 16.6. The largest absolute Gasteiger partial charge is 0.324 e. The van der Waals surface area contributed by atoms with Crippen LogP contribution in [0.3, 0.4) is 0 Å². The first-order valence-electron chi connectivity index (χ1n) is 9.10. The van der Waals surface area contributed by atoms with Crippen LogP contribution in [0.2, 0.25) is 0 Å². The van der Waals surface area contributed by atoms with E-state index in [2.05, 4.69) is 10.3 Å². The van der Waals surface area contributed by atoms with Crippen LogP contribution in [0.15, 0.2) is 59.6 Å². The highest BCUT2D eigenvalue weighted by Crippen LogP contribution is 2.32. The number of carbonyl (C=O) groups excluding carboxylic acids is 2. The molecule has 7 heteroatoms. The molecule has 0 radical (unpaired) electrons. The Bertz CT molecular complexity index is 886. The van der Waals surface area contributed by atoms with Crippen molar-refractivity contribution < 1.29 is 14.0 Å². The molecule has 0 aromatic heterocycles. The Balaban J connectivity index is 1.74. The summed E-state index contributed by atoms with van der Waals surface area (Å²) in [5, 5.41) is 2.56. The molecule has 0 aliphatic carbocycles. The van der Waals surface area contributed by atoms with Gasteiger partial charge in [0, 0.05) is 13.0 Å². The molecule has 0 spiro atoms. The molecule has 1 N–H and O–H groups in total. The lowest BCUT2D eigenvalue weighted by atomic mass is 10.2. The SMILES string of the molecule is CC(C)CN1C(=O)C(CC(=O)Nc2ccccc2F)SC1=Nc1ccccc1. The van der Waals surface area contributed by atoms with Gasteiger partial charge in [-0.05, 0) is 30.2 Å². The average molecular weight is 399 g/mol. The summed E-state index contributed by atoms with van der Waals surface area (Å²) >= 11 is 1.28. The third-order valence-corrected chi connectivity index (χ3v) is 5.24. The minimum absolute atomic E-state index is 0.0414. The lowest BCUT2D eigenvalue weighted by Gasteiger charge is -2.18. The van der Waals surface area contributed by atoms with E-state index in [1.807, 2.05) is 44.2 Å². The quantitative estimate of drug-likeness (QED) is 0.781. The fourth-order valence-electron chi connectivity index (χ4n) is 2.80. The van der Waals surface area contributed by atoms with Crippen molar-refractivity contribution in [2.45, 2.75) is 25.5 Å². The number of carbonyl (C=O) groups is 2. The van der Waals surface area contributed by atoms with Gasteiger partial charge in [-0.1, -0.05) is 55.9 Å². The first-order valence-corrected chi connectivity index (χ1v) is 9.98. The van der Waals surface area contributed by atoms with Gasteiger partial charge in [0.05, 0.1) is 11.4 Å². The molecule has 1 aliphatic heterocycles. The Morgan fingerprint density at radius 3 is 2.54 bits per heavy atom. The second-order valence-corrected chi connectivity index (χ2v) is 8.08. The van der Waals surface area contributed by atoms with Crippen LogP contribution < -0.4 is 5.32 Å². The van der Waals surface area contributed by atoms with E-state index < -0.39 is 17.0 Å². The molecule has 1 unspecified atom stereocenters. The van der Waals surface area contributed by atoms with E-state index >= 15 is 0 Å². The van der Waals surface area contributed by atoms with E-state index in [0.717, 1.165) is 5.69 Å². The molecule has 2 aromatic carbocycles. The molecule has 1 atom stereocenters. The lowest BCUT2D eigenvalue weighted by molar-refractivity contribution is -0.128. The number of hydrogen-bond acceptors (Lipinski definition) is 4. The van der Waals surface area contributed by atoms with Crippen molar-refractivity contribution in [3.8, 4) is 0 Å². The molecular weight excluding hydrogens is 377 g/mol. The van der Waals surface area contributed by atoms with Crippen LogP contribution in [0.5, 0.6) is 0 Å². The summed E-state index contributed by atoms with van der Waals surface area (Å²) in [5.41, 5.74) is 0.864. The topological polar surface area (TPSA) is 61.8 Å². The highest BCUT2D eigenvalue weighted by molar-refractivity contribution is 8.15. The number of thioether (sulfide) groups is 1. The Labute approximate surface area is 168 Å². The zero-order chi connectivity index (χ0) is 20.1. The first-order chi connectivity index (χ1) is 13.4. The molecule has 1 aliphatic rings. The molecule has 5 nitrogen and oxygen atoms in total. The van der Waals surface area contributed by atoms with E-state index in [1.54, 1.807) is 17.0 Å². The number of aliphatic imine (C=N–C) groups is 1. The van der Waals surface area contributed by atoms with Crippen LogP contribution in [0.25, 0.3) is 0 Å². The lowest BCUT2D eigenvalue weighted by Crippen LogP contribution is -2.36. The molecule has 3 rings (SSSR count). The summed E-state index contributed by atoms with van der Waals surface area (Å²) < 4.78 is 13.7. The molecule has 28 heavy (non-hydrogen) atoms. The molecule has 1 heterocycles. The van der Waals surface area contributed by atoms with Crippen molar-refractivity contribution in [2.75, 3.05) is 11.9 Å². The highest BCUT2D eigenvalue weighted by Gasteiger charge is 2.39. The third-order valence-electron chi connectivity index (χ3n) is 4.07. The molecule has 2 amide bonds. The maximum absolute atomic E-state index is 13.7. The van der Waals surface area contributed by atoms with Crippen LogP contribution in [-0.4, -0.2) is 33.7 Å². The number of para-hydroxylation sites is 2. The second-order valence-electron chi connectivity index (χ2n) is 6.91. The van der Waals surface area contributed by atoms with Gasteiger partial charge in [-0.3, -0.25) is 14.5 Å². The first kappa shape index (κ1) is 20.1. The predicted octanol–water partition coefficient (Wildman–Crippen LogP) is 4.44. The van der Waals surface area contributed by atoms with Gasteiger partial charge in [0.15, 0.2) is 5.17 Å². The van der Waals surface area contributed by atoms with Gasteiger partial charge < -0.3 is 5.32 Å². The monoisotopic (exact) mass is 399 g/mol. The van der Waals surface area contributed by atoms with Gasteiger partial charge in [0.25, 0.3) is 0 Å². The summed E-state index contributed by atoms with van der Waals surface area (Å²) in [6.07, 6.45) is -0.0414. The minimum atomic E-state index is -0.576. The predicted molar refractivity (Wildman–Crippen MR) is 111 cm³/mol. The van der Waals surface area contributed by atoms with Gasteiger partial charge >= 0.3 is 0 Å². The molecule has 0 saturated carbocycles. The molecular formula is C21H22FN3O2S. The van der Waals surface area contributed by atoms with Gasteiger partial charge in [-0.15, -0.1) is 0 Å². The third kappa shape index (κ3) is 4.98. The average Bonchev–Trinajstić information content (AvgIpc) is 2.93. The Kier molecular flexibility index (Phi) is 6.46. The van der Waals surface area contributed by atoms with Gasteiger partial charge in [-0.2, -0.15) is 0 Å². The van der Waals surface area contributed by atoms with Crippen molar-refractivity contribution in [3.05, 3.63) is 60.4 Å². The summed E-state index contributed by atoms with van der Waals surface area (Å²) in [6, 6.07) is 15.4. The van der Waals surface area contributed by atoms with E-state index in [9.17, 15) is 14.0 Å². The van der Waals surface area contributed by atoms with Crippen molar-refractivity contribution in [3.63, 3.8) is 0 Å². The van der Waals surface area contributed by atoms with E-state index in [4.69, 9.17) is 0 Å². The van der Waals surface area contributed by atoms with E-state index in [0.29, 0.717) is 11.7 Å². The van der Waals surface area contributed by atoms with Crippen molar-refractivity contribution in [1.29, 1.82) is 0 Å². The smallest absolute Gasteiger partial charge is 0.242 e. The van der Waals surface area contributed by atoms with Crippen molar-refractivity contribution >= 4 is 40.1 Å². The van der Waals surface area contributed by atoms with Gasteiger partial charge in [0.2, 0.25) is 11.8 Å². The van der Waals surface area contributed by atoms with Crippen LogP contribution >= 0.6 is 11.8 Å². The van der Waals surface area contributed by atoms with Crippen LogP contribution in [0.1, 0.15) is 20.3 Å². The van der Waals surface area contributed by atoms with Crippen molar-refractivity contribution in [2.24, 2.45) is 10.9 Å². The Morgan fingerprint density at radius 1 is 1.18 bits per heavy atom. The van der Waals surface area contributed by atoms with Crippen LogP contribution in [0.4, 0.5) is 15.8 Å². The number of amides is 2. The maximum atomic E-state index is 13.7. The molecule has 146 valence electrons. The molecule has 1 saturated heterocycles. The summed E-state index contributed by atoms with van der Waals surface area (Å²) in [5.74, 6) is -0.788. The summed E-state index contributed by atoms with van der Waals surface area (Å²) in [6.45, 7) is 4.58. The number of halogens is 1. The molecule has 1 fully saturated rings. The van der Waals surface area contributed by atoms with Crippen LogP contribution in [-0.2, 0) is 9.59 Å². The Hall–Kier alpha value is -2.67. The number of amidine groups is 1. The van der Waals surface area contributed by atoms with Gasteiger partial charge in [0.1, 0.15) is 11.1 Å². The zero-order valence-electron chi connectivity index (χ0n) is 15.8. The summed E-state index contributed by atoms with van der Waals surface area (Å²) in [7, 11) is 0. The number of benzene rings is 2. The molecule has 2 aromatic rings. The van der Waals surface area contributed by atoms with E-state index in [1.165, 1.54) is 23.9 Å². The summed E-state index contributed by atoms with van der Waals surface area (Å²) in [4.78, 5) is 31.5. The van der Waals surface area contributed by atoms with Gasteiger partial charge in [-0.25, -0.2) is 9.38 Å². The van der Waals surface area contributed by atoms with E-state index in [-0.39, 0.29) is 23.9 Å².